The molecule has 0 amide bonds. The predicted molar refractivity (Wildman–Crippen MR) is 100 cm³/mol. The summed E-state index contributed by atoms with van der Waals surface area (Å²) < 4.78 is 0. The van der Waals surface area contributed by atoms with Gasteiger partial charge < -0.3 is 0 Å². The van der Waals surface area contributed by atoms with Crippen molar-refractivity contribution in [1.82, 2.24) is 4.90 Å². The number of hydrogen-bond donors (Lipinski definition) is 0. The quantitative estimate of drug-likeness (QED) is 0.572. The molecule has 0 spiro atoms. The van der Waals surface area contributed by atoms with Gasteiger partial charge >= 0.3 is 0 Å². The average molecular weight is 306 g/mol. The van der Waals surface area contributed by atoms with Gasteiger partial charge in [0.15, 0.2) is 0 Å². The fraction of sp³-hybridized carbons (Fsp3) is 0.810. The molecule has 2 aliphatic rings. The molecule has 2 atom stereocenters. The molecule has 1 fully saturated rings. The van der Waals surface area contributed by atoms with Crippen molar-refractivity contribution in [2.45, 2.75) is 86.7 Å². The first-order valence-corrected chi connectivity index (χ1v) is 9.34. The average Bonchev–Trinajstić information content (AvgIpc) is 3.08. The van der Waals surface area contributed by atoms with Crippen molar-refractivity contribution in [3.05, 3.63) is 23.3 Å². The Balaban J connectivity index is 0.000000220. The van der Waals surface area contributed by atoms with E-state index in [-0.39, 0.29) is 0 Å². The van der Waals surface area contributed by atoms with E-state index >= 15 is 0 Å². The van der Waals surface area contributed by atoms with Crippen LogP contribution in [0.4, 0.5) is 0 Å². The Morgan fingerprint density at radius 3 is 2.05 bits per heavy atom. The molecule has 0 bridgehead atoms. The second kappa shape index (κ2) is 8.91. The van der Waals surface area contributed by atoms with Gasteiger partial charge in [0.25, 0.3) is 0 Å². The van der Waals surface area contributed by atoms with Crippen LogP contribution in [0.3, 0.4) is 0 Å². The summed E-state index contributed by atoms with van der Waals surface area (Å²) in [5, 5.41) is 0. The van der Waals surface area contributed by atoms with Gasteiger partial charge in [0.2, 0.25) is 0 Å². The highest BCUT2D eigenvalue weighted by Gasteiger charge is 2.24. The zero-order chi connectivity index (χ0) is 16.9. The molecular weight excluding hydrogens is 266 g/mol. The molecule has 0 N–H and O–H groups in total. The van der Waals surface area contributed by atoms with Crippen LogP contribution in [-0.4, -0.2) is 23.5 Å². The van der Waals surface area contributed by atoms with Crippen molar-refractivity contribution < 1.29 is 0 Å². The molecule has 0 aromatic carbocycles. The van der Waals surface area contributed by atoms with Crippen LogP contribution in [0.25, 0.3) is 0 Å². The van der Waals surface area contributed by atoms with Crippen molar-refractivity contribution in [1.29, 1.82) is 0 Å². The molecular formula is C21H39N. The van der Waals surface area contributed by atoms with Crippen LogP contribution >= 0.6 is 0 Å². The molecule has 1 unspecified atom stereocenters. The molecule has 1 aliphatic heterocycles. The van der Waals surface area contributed by atoms with Gasteiger partial charge in [-0.25, -0.2) is 0 Å². The number of rotatable bonds is 3. The Morgan fingerprint density at radius 1 is 1.05 bits per heavy atom. The van der Waals surface area contributed by atoms with Crippen LogP contribution in [0.5, 0.6) is 0 Å². The van der Waals surface area contributed by atoms with Crippen molar-refractivity contribution in [3.63, 3.8) is 0 Å². The minimum absolute atomic E-state index is 0.676. The van der Waals surface area contributed by atoms with Crippen molar-refractivity contribution in [2.75, 3.05) is 6.54 Å². The standard InChI is InChI=1S/C11H20.C10H19N/c2*1-8(2)10-6-5-7-11(10)9(3)4/h8,10H,5-7H2,1-4H3;5-6,8-10H,7H2,1-4H3/t10-;/m0./s1. The minimum atomic E-state index is 0.676. The Kier molecular flexibility index (Phi) is 7.89. The lowest BCUT2D eigenvalue weighted by molar-refractivity contribution is 0.183. The highest BCUT2D eigenvalue weighted by molar-refractivity contribution is 5.17. The summed E-state index contributed by atoms with van der Waals surface area (Å²) in [6.07, 6.45) is 8.84. The molecule has 1 nitrogen and oxygen atoms in total. The molecule has 1 aliphatic carbocycles. The van der Waals surface area contributed by atoms with Gasteiger partial charge in [-0.3, -0.25) is 4.90 Å². The smallest absolute Gasteiger partial charge is 0.0307 e. The summed E-state index contributed by atoms with van der Waals surface area (Å²) >= 11 is 0. The van der Waals surface area contributed by atoms with Gasteiger partial charge in [-0.2, -0.15) is 0 Å². The van der Waals surface area contributed by atoms with E-state index in [2.05, 4.69) is 72.4 Å². The lowest BCUT2D eigenvalue weighted by atomic mass is 9.88. The van der Waals surface area contributed by atoms with Gasteiger partial charge in [0, 0.05) is 18.6 Å². The third-order valence-electron chi connectivity index (χ3n) is 5.23. The Bertz CT molecular complexity index is 383. The summed E-state index contributed by atoms with van der Waals surface area (Å²) in [6.45, 7) is 19.5. The SMILES string of the molecule is CC(C)=C1CCC[C@H]1C(C)C.CC(C)C1C=CCN1C(C)C. The van der Waals surface area contributed by atoms with E-state index in [1.165, 1.54) is 19.3 Å². The summed E-state index contributed by atoms with van der Waals surface area (Å²) in [4.78, 5) is 2.53. The second-order valence-electron chi connectivity index (χ2n) is 8.22. The zero-order valence-corrected chi connectivity index (χ0v) is 16.3. The number of allylic oxidation sites excluding steroid dienone is 2. The summed E-state index contributed by atoms with van der Waals surface area (Å²) in [6, 6.07) is 1.35. The first-order valence-electron chi connectivity index (χ1n) is 9.34. The summed E-state index contributed by atoms with van der Waals surface area (Å²) in [7, 11) is 0. The van der Waals surface area contributed by atoms with Crippen molar-refractivity contribution in [2.24, 2.45) is 17.8 Å². The number of hydrogen-bond acceptors (Lipinski definition) is 1. The lowest BCUT2D eigenvalue weighted by Gasteiger charge is -2.30. The van der Waals surface area contributed by atoms with Gasteiger partial charge in [0.05, 0.1) is 0 Å². The van der Waals surface area contributed by atoms with E-state index in [9.17, 15) is 0 Å². The molecule has 1 saturated carbocycles. The Labute approximate surface area is 139 Å². The molecule has 0 aromatic rings. The summed E-state index contributed by atoms with van der Waals surface area (Å²) in [5.74, 6) is 2.50. The molecule has 0 radical (unpaired) electrons. The van der Waals surface area contributed by atoms with E-state index < -0.39 is 0 Å². The fourth-order valence-electron chi connectivity index (χ4n) is 3.94. The van der Waals surface area contributed by atoms with E-state index in [0.29, 0.717) is 12.1 Å². The molecule has 0 saturated heterocycles. The molecule has 0 aromatic heterocycles. The molecule has 22 heavy (non-hydrogen) atoms. The Morgan fingerprint density at radius 2 is 1.68 bits per heavy atom. The molecule has 1 heteroatoms. The highest BCUT2D eigenvalue weighted by Crippen LogP contribution is 2.37. The maximum absolute atomic E-state index is 2.53. The molecule has 128 valence electrons. The minimum Gasteiger partial charge on any atom is -0.291 e. The maximum atomic E-state index is 2.53. The monoisotopic (exact) mass is 305 g/mol. The van der Waals surface area contributed by atoms with E-state index in [1.54, 1.807) is 11.1 Å². The normalized spacial score (nSPS) is 25.3. The first-order chi connectivity index (χ1) is 10.3. The largest absolute Gasteiger partial charge is 0.291 e. The van der Waals surface area contributed by atoms with Gasteiger partial charge in [0.1, 0.15) is 0 Å². The predicted octanol–water partition coefficient (Wildman–Crippen LogP) is 6.07. The van der Waals surface area contributed by atoms with Crippen LogP contribution in [-0.2, 0) is 0 Å². The van der Waals surface area contributed by atoms with Crippen LogP contribution < -0.4 is 0 Å². The number of nitrogens with zero attached hydrogens (tertiary/aromatic N) is 1. The van der Waals surface area contributed by atoms with Crippen molar-refractivity contribution >= 4 is 0 Å². The highest BCUT2D eigenvalue weighted by atomic mass is 15.2. The van der Waals surface area contributed by atoms with Gasteiger partial charge in [-0.15, -0.1) is 0 Å². The van der Waals surface area contributed by atoms with E-state index in [4.69, 9.17) is 0 Å². The lowest BCUT2D eigenvalue weighted by Crippen LogP contribution is -2.38. The van der Waals surface area contributed by atoms with E-state index in [0.717, 1.165) is 24.3 Å². The maximum Gasteiger partial charge on any atom is 0.0307 e. The van der Waals surface area contributed by atoms with Crippen LogP contribution in [0.15, 0.2) is 23.3 Å². The topological polar surface area (TPSA) is 3.24 Å². The van der Waals surface area contributed by atoms with Crippen LogP contribution in [0, 0.1) is 17.8 Å². The first kappa shape index (κ1) is 19.5. The van der Waals surface area contributed by atoms with Crippen LogP contribution in [0.2, 0.25) is 0 Å². The third-order valence-corrected chi connectivity index (χ3v) is 5.23. The second-order valence-corrected chi connectivity index (χ2v) is 8.22. The van der Waals surface area contributed by atoms with Gasteiger partial charge in [-0.05, 0) is 64.7 Å². The van der Waals surface area contributed by atoms with Gasteiger partial charge in [-0.1, -0.05) is 51.0 Å². The van der Waals surface area contributed by atoms with Crippen molar-refractivity contribution in [3.8, 4) is 0 Å². The molecule has 2 rings (SSSR count). The summed E-state index contributed by atoms with van der Waals surface area (Å²) in [5.41, 5.74) is 3.32. The van der Waals surface area contributed by atoms with Crippen LogP contribution in [0.1, 0.15) is 74.7 Å². The zero-order valence-electron chi connectivity index (χ0n) is 16.3. The van der Waals surface area contributed by atoms with E-state index in [1.807, 2.05) is 0 Å². The third kappa shape index (κ3) is 5.26. The molecule has 1 heterocycles. The Hall–Kier alpha value is -0.560. The fourth-order valence-corrected chi connectivity index (χ4v) is 3.94.